The minimum absolute atomic E-state index is 0.00807. The normalized spacial score (nSPS) is 20.2. The molecule has 73 heavy (non-hydrogen) atoms. The summed E-state index contributed by atoms with van der Waals surface area (Å²) in [4.78, 5) is 122. The maximum Gasteiger partial charge on any atom is 0.243 e. The van der Waals surface area contributed by atoms with Crippen LogP contribution in [0.1, 0.15) is 75.6 Å². The molecule has 1 saturated heterocycles. The molecule has 8 amide bonds. The zero-order chi connectivity index (χ0) is 52.3. The molecule has 1 unspecified atom stereocenters. The van der Waals surface area contributed by atoms with Crippen LogP contribution in [0.5, 0.6) is 0 Å². The van der Waals surface area contributed by atoms with E-state index >= 15 is 0 Å². The Hall–Kier alpha value is -8.30. The number of benzene rings is 3. The fraction of sp³-hybridized carbons (Fsp3) is 0.412. The number of aromatic nitrogens is 3. The summed E-state index contributed by atoms with van der Waals surface area (Å²) in [7, 11) is 0. The van der Waals surface area contributed by atoms with Gasteiger partial charge in [0.05, 0.1) is 12.0 Å². The Labute approximate surface area is 422 Å². The highest BCUT2D eigenvalue weighted by atomic mass is 16.2. The van der Waals surface area contributed by atoms with Gasteiger partial charge in [0.2, 0.25) is 47.3 Å². The summed E-state index contributed by atoms with van der Waals surface area (Å²) in [5.74, 6) is -5.65. The number of para-hydroxylation sites is 1. The van der Waals surface area contributed by atoms with Crippen molar-refractivity contribution in [1.82, 2.24) is 62.8 Å². The molecule has 6 atom stereocenters. The monoisotopic (exact) mass is 1000 g/mol. The Balaban J connectivity index is 1.38. The number of rotatable bonds is 16. The average Bonchev–Trinajstić information content (AvgIpc) is 4.05. The number of carbonyl (C=O) groups excluding carboxylic acids is 8. The highest BCUT2D eigenvalue weighted by Gasteiger charge is 2.34. The van der Waals surface area contributed by atoms with E-state index in [1.165, 1.54) is 19.4 Å². The second-order valence-electron chi connectivity index (χ2n) is 18.1. The lowest BCUT2D eigenvalue weighted by Gasteiger charge is -2.28. The first kappa shape index (κ1) is 54.0. The van der Waals surface area contributed by atoms with Crippen molar-refractivity contribution >= 4 is 74.9 Å². The molecule has 1 fully saturated rings. The molecule has 1 aliphatic heterocycles. The van der Waals surface area contributed by atoms with Gasteiger partial charge in [0.1, 0.15) is 36.3 Å². The lowest BCUT2D eigenvalue weighted by atomic mass is 9.99. The molecule has 3 aromatic carbocycles. The molecule has 2 aromatic heterocycles. The van der Waals surface area contributed by atoms with Gasteiger partial charge in [-0.3, -0.25) is 43.8 Å². The molecule has 3 heterocycles. The third-order valence-corrected chi connectivity index (χ3v) is 12.4. The standard InChI is InChI=1S/C51H66N14O8/c1-3-4-13-38(60-30(2)66)46(69)62-40-18-19-44(67)55-21-22-56-45(68)42(25-34-27-58-37-14-8-7-12-36(34)37)64-47(70)39(15-9-20-57-51(52)53)61-49(72)41(24-31-16-17-32-10-5-6-11-33(32)23-31)63-50(73)43(65-48(40)71)26-35-28-54-29-59-35/h5-8,10-12,14,16-17,23,27-29,38-43,58H,3-4,9,13,15,18-22,24-26H2,1-2H3,(H,54,59)(H,55,67)(H,56,68)(H,60,66)(H,61,72)(H,62,69)(H,63,73)(H,64,70)(H,65,71)(H4,52,53,57)/t38-,39+,40?,41-,42-,43+/m1/s1. The molecule has 0 spiro atoms. The smallest absolute Gasteiger partial charge is 0.243 e. The topological polar surface area (TPSA) is 339 Å². The minimum Gasteiger partial charge on any atom is -0.370 e. The number of nitrogens with one attached hydrogen (secondary N) is 12. The fourth-order valence-corrected chi connectivity index (χ4v) is 8.59. The number of nitrogens with zero attached hydrogens (tertiary/aromatic N) is 1. The molecule has 22 heteroatoms. The summed E-state index contributed by atoms with van der Waals surface area (Å²) in [6.07, 6.45) is 5.76. The van der Waals surface area contributed by atoms with Crippen molar-refractivity contribution in [2.75, 3.05) is 19.6 Å². The number of imidazole rings is 1. The molecule has 0 saturated carbocycles. The van der Waals surface area contributed by atoms with Crippen molar-refractivity contribution < 1.29 is 38.4 Å². The lowest BCUT2D eigenvalue weighted by Crippen LogP contribution is -2.60. The number of H-pyrrole nitrogens is 2. The molecule has 22 nitrogen and oxygen atoms in total. The van der Waals surface area contributed by atoms with Gasteiger partial charge in [-0.15, -0.1) is 0 Å². The Morgan fingerprint density at radius 1 is 0.767 bits per heavy atom. The minimum atomic E-state index is -1.41. The largest absolute Gasteiger partial charge is 0.370 e. The maximum atomic E-state index is 14.8. The van der Waals surface area contributed by atoms with Crippen molar-refractivity contribution in [2.45, 2.75) is 114 Å². The summed E-state index contributed by atoms with van der Waals surface area (Å²) in [5, 5.41) is 35.0. The molecule has 388 valence electrons. The number of hydrogen-bond acceptors (Lipinski definition) is 10. The van der Waals surface area contributed by atoms with Crippen LogP contribution in [0.15, 0.2) is 85.5 Å². The number of aromatic amines is 2. The van der Waals surface area contributed by atoms with E-state index in [2.05, 4.69) is 62.8 Å². The quantitative estimate of drug-likeness (QED) is 0.0366. The van der Waals surface area contributed by atoms with Crippen LogP contribution in [0, 0.1) is 5.41 Å². The summed E-state index contributed by atoms with van der Waals surface area (Å²) in [6, 6.07) is 13.0. The zero-order valence-electron chi connectivity index (χ0n) is 41.0. The van der Waals surface area contributed by atoms with E-state index < -0.39 is 83.5 Å². The fourth-order valence-electron chi connectivity index (χ4n) is 8.59. The second kappa shape index (κ2) is 26.8. The number of unbranched alkanes of at least 4 members (excludes halogenated alkanes) is 1. The summed E-state index contributed by atoms with van der Waals surface area (Å²) >= 11 is 0. The molecule has 6 rings (SSSR count). The van der Waals surface area contributed by atoms with Crippen molar-refractivity contribution in [2.24, 2.45) is 5.73 Å². The zero-order valence-corrected chi connectivity index (χ0v) is 41.0. The molecule has 0 radical (unpaired) electrons. The van der Waals surface area contributed by atoms with Gasteiger partial charge in [-0.05, 0) is 53.6 Å². The summed E-state index contributed by atoms with van der Waals surface area (Å²) in [6.45, 7) is 3.25. The Bertz CT molecular complexity index is 2740. The number of amides is 8. The maximum absolute atomic E-state index is 14.8. The van der Waals surface area contributed by atoms with Crippen molar-refractivity contribution in [3.63, 3.8) is 0 Å². The molecule has 1 aliphatic rings. The van der Waals surface area contributed by atoms with Crippen LogP contribution in [0.3, 0.4) is 0 Å². The van der Waals surface area contributed by atoms with Gasteiger partial charge in [0.15, 0.2) is 5.96 Å². The van der Waals surface area contributed by atoms with Crippen LogP contribution in [0.25, 0.3) is 21.7 Å². The van der Waals surface area contributed by atoms with Gasteiger partial charge >= 0.3 is 0 Å². The van der Waals surface area contributed by atoms with Crippen molar-refractivity contribution in [1.29, 1.82) is 5.41 Å². The SMILES string of the molecule is CCCC[C@@H](NC(C)=O)C(=O)NC1CCC(=O)NCCNC(=O)[C@@H](Cc2c[nH]c3ccccc23)NC(=O)[C@H](CCCNC(=N)N)NC(=O)[C@@H](Cc2ccc3ccccc3c2)NC(=O)[C@H](Cc2c[nH]cn2)NC1=O. The third kappa shape index (κ3) is 16.4. The van der Waals surface area contributed by atoms with Gasteiger partial charge in [-0.2, -0.15) is 0 Å². The Kier molecular flexibility index (Phi) is 19.8. The van der Waals surface area contributed by atoms with Crippen LogP contribution >= 0.6 is 0 Å². The third-order valence-electron chi connectivity index (χ3n) is 12.4. The molecule has 0 aliphatic carbocycles. The molecular weight excluding hydrogens is 937 g/mol. The lowest BCUT2D eigenvalue weighted by molar-refractivity contribution is -0.135. The first-order valence-corrected chi connectivity index (χ1v) is 24.6. The predicted octanol–water partition coefficient (Wildman–Crippen LogP) is 0.480. The van der Waals surface area contributed by atoms with Crippen LogP contribution in [0.4, 0.5) is 0 Å². The van der Waals surface area contributed by atoms with Gasteiger partial charge < -0.3 is 63.6 Å². The van der Waals surface area contributed by atoms with Crippen LogP contribution in [0.2, 0.25) is 0 Å². The van der Waals surface area contributed by atoms with Gasteiger partial charge in [0, 0.05) is 75.5 Å². The van der Waals surface area contributed by atoms with Crippen molar-refractivity contribution in [3.8, 4) is 0 Å². The van der Waals surface area contributed by atoms with E-state index in [1.807, 2.05) is 73.7 Å². The number of carbonyl (C=O) groups is 8. The van der Waals surface area contributed by atoms with E-state index in [4.69, 9.17) is 11.1 Å². The van der Waals surface area contributed by atoms with Gasteiger partial charge in [-0.1, -0.05) is 80.4 Å². The highest BCUT2D eigenvalue weighted by molar-refractivity contribution is 5.98. The number of nitrogens with two attached hydrogens (primary N) is 1. The Morgan fingerprint density at radius 2 is 1.44 bits per heavy atom. The molecule has 0 bridgehead atoms. The molecule has 14 N–H and O–H groups in total. The molecule has 5 aromatic rings. The number of fused-ring (bicyclic) bond motifs is 2. The van der Waals surface area contributed by atoms with E-state index in [0.717, 1.165) is 27.2 Å². The van der Waals surface area contributed by atoms with E-state index in [1.54, 1.807) is 6.20 Å². The van der Waals surface area contributed by atoms with Crippen LogP contribution in [-0.4, -0.2) is 124 Å². The van der Waals surface area contributed by atoms with Gasteiger partial charge in [0.25, 0.3) is 0 Å². The summed E-state index contributed by atoms with van der Waals surface area (Å²) < 4.78 is 0. The number of guanidine groups is 1. The van der Waals surface area contributed by atoms with Crippen LogP contribution in [-0.2, 0) is 57.6 Å². The van der Waals surface area contributed by atoms with E-state index in [0.29, 0.717) is 24.1 Å². The second-order valence-corrected chi connectivity index (χ2v) is 18.1. The predicted molar refractivity (Wildman–Crippen MR) is 273 cm³/mol. The first-order valence-electron chi connectivity index (χ1n) is 24.6. The summed E-state index contributed by atoms with van der Waals surface area (Å²) in [5.41, 5.74) is 8.10. The van der Waals surface area contributed by atoms with Crippen LogP contribution < -0.4 is 53.6 Å². The molecular formula is C51H66N14O8. The van der Waals surface area contributed by atoms with Gasteiger partial charge in [-0.25, -0.2) is 4.98 Å². The van der Waals surface area contributed by atoms with E-state index in [9.17, 15) is 38.4 Å². The number of hydrogen-bond donors (Lipinski definition) is 13. The first-order chi connectivity index (χ1) is 35.2. The highest BCUT2D eigenvalue weighted by Crippen LogP contribution is 2.20. The van der Waals surface area contributed by atoms with Crippen molar-refractivity contribution in [3.05, 3.63) is 102 Å². The Morgan fingerprint density at radius 3 is 2.16 bits per heavy atom. The van der Waals surface area contributed by atoms with E-state index in [-0.39, 0.29) is 77.0 Å². The average molecular weight is 1000 g/mol.